The van der Waals surface area contributed by atoms with Crippen molar-refractivity contribution in [1.82, 2.24) is 9.62 Å². The molecule has 1 saturated heterocycles. The van der Waals surface area contributed by atoms with Crippen molar-refractivity contribution in [3.63, 3.8) is 0 Å². The summed E-state index contributed by atoms with van der Waals surface area (Å²) in [6.45, 7) is 4.96. The van der Waals surface area contributed by atoms with Gasteiger partial charge in [0.2, 0.25) is 21.8 Å². The maximum Gasteiger partial charge on any atom is 0.248 e. The minimum atomic E-state index is -3.49. The third kappa shape index (κ3) is 7.53. The normalized spacial score (nSPS) is 15.3. The highest BCUT2D eigenvalue weighted by atomic mass is 32.2. The van der Waals surface area contributed by atoms with Crippen LogP contribution in [0.2, 0.25) is 0 Å². The lowest BCUT2D eigenvalue weighted by Crippen LogP contribution is -2.31. The summed E-state index contributed by atoms with van der Waals surface area (Å²) in [5.41, 5.74) is 2.22. The van der Waals surface area contributed by atoms with E-state index in [9.17, 15) is 18.0 Å². The van der Waals surface area contributed by atoms with E-state index in [-0.39, 0.29) is 29.2 Å². The van der Waals surface area contributed by atoms with Crippen LogP contribution in [0.15, 0.2) is 59.5 Å². The molecule has 2 aromatic carbocycles. The van der Waals surface area contributed by atoms with Crippen molar-refractivity contribution in [2.45, 2.75) is 56.9 Å². The number of hydrogen-bond donors (Lipinski definition) is 2. The van der Waals surface area contributed by atoms with Crippen LogP contribution in [-0.2, 0) is 26.0 Å². The maximum atomic E-state index is 12.9. The van der Waals surface area contributed by atoms with E-state index in [1.807, 2.05) is 26.0 Å². The van der Waals surface area contributed by atoms with Crippen LogP contribution in [-0.4, -0.2) is 43.7 Å². The molecule has 0 atom stereocenters. The van der Waals surface area contributed by atoms with E-state index in [1.54, 1.807) is 46.8 Å². The smallest absolute Gasteiger partial charge is 0.248 e. The number of carbonyl (C=O) groups is 2. The van der Waals surface area contributed by atoms with Crippen LogP contribution in [0.4, 0.5) is 5.69 Å². The number of carbonyl (C=O) groups excluding carboxylic acids is 2. The summed E-state index contributed by atoms with van der Waals surface area (Å²) >= 11 is 0. The zero-order chi connectivity index (χ0) is 24.6. The first-order chi connectivity index (χ1) is 16.2. The molecule has 1 fully saturated rings. The fourth-order valence-electron chi connectivity index (χ4n) is 3.80. The van der Waals surface area contributed by atoms with Crippen LogP contribution in [0, 0.1) is 0 Å². The van der Waals surface area contributed by atoms with Gasteiger partial charge in [0, 0.05) is 30.9 Å². The van der Waals surface area contributed by atoms with Crippen LogP contribution in [0.3, 0.4) is 0 Å². The Kier molecular flexibility index (Phi) is 9.01. The zero-order valence-electron chi connectivity index (χ0n) is 19.8. The fraction of sp³-hybridized carbons (Fsp3) is 0.385. The second-order valence-electron chi connectivity index (χ2n) is 8.81. The quantitative estimate of drug-likeness (QED) is 0.556. The predicted octanol–water partition coefficient (Wildman–Crippen LogP) is 3.97. The summed E-state index contributed by atoms with van der Waals surface area (Å²) in [4.78, 5) is 24.4. The number of benzene rings is 2. The Bertz CT molecular complexity index is 1100. The first-order valence-corrected chi connectivity index (χ1v) is 13.2. The summed E-state index contributed by atoms with van der Waals surface area (Å²) in [5, 5.41) is 5.63. The summed E-state index contributed by atoms with van der Waals surface area (Å²) in [7, 11) is -3.49. The molecule has 0 saturated carbocycles. The third-order valence-corrected chi connectivity index (χ3v) is 7.46. The van der Waals surface area contributed by atoms with Gasteiger partial charge in [0.05, 0.1) is 11.3 Å². The van der Waals surface area contributed by atoms with Crippen molar-refractivity contribution in [1.29, 1.82) is 0 Å². The average Bonchev–Trinajstić information content (AvgIpc) is 3.09. The number of nitrogens with one attached hydrogen (secondary N) is 2. The van der Waals surface area contributed by atoms with Gasteiger partial charge in [-0.25, -0.2) is 8.42 Å². The maximum absolute atomic E-state index is 12.9. The van der Waals surface area contributed by atoms with E-state index in [1.165, 1.54) is 6.08 Å². The second kappa shape index (κ2) is 11.9. The van der Waals surface area contributed by atoms with Crippen molar-refractivity contribution >= 4 is 33.6 Å². The fourth-order valence-corrected chi connectivity index (χ4v) is 5.32. The monoisotopic (exact) mass is 483 g/mol. The average molecular weight is 484 g/mol. The first kappa shape index (κ1) is 25.6. The molecule has 2 aromatic rings. The van der Waals surface area contributed by atoms with E-state index in [0.29, 0.717) is 18.8 Å². The van der Waals surface area contributed by atoms with Crippen molar-refractivity contribution in [3.05, 3.63) is 65.7 Å². The lowest BCUT2D eigenvalue weighted by atomic mass is 10.1. The molecule has 0 aromatic heterocycles. The minimum Gasteiger partial charge on any atom is -0.354 e. The Labute approximate surface area is 202 Å². The number of amides is 2. The number of hydrogen-bond acceptors (Lipinski definition) is 4. The Balaban J connectivity index is 1.55. The lowest BCUT2D eigenvalue weighted by Gasteiger charge is -2.19. The molecule has 182 valence electrons. The van der Waals surface area contributed by atoms with Gasteiger partial charge in [-0.2, -0.15) is 4.31 Å². The molecular formula is C26H33N3O4S. The Morgan fingerprint density at radius 3 is 2.15 bits per heavy atom. The second-order valence-corrected chi connectivity index (χ2v) is 10.7. The highest BCUT2D eigenvalue weighted by Crippen LogP contribution is 2.21. The van der Waals surface area contributed by atoms with Gasteiger partial charge in [-0.1, -0.05) is 37.1 Å². The Hall–Kier alpha value is -2.97. The van der Waals surface area contributed by atoms with Crippen molar-refractivity contribution in [2.75, 3.05) is 18.4 Å². The standard InChI is InChI=1S/C26H33N3O4S/c1-20(2)27-26(31)19-22-7-12-23(13-8-22)28-25(30)16-11-21-9-14-24(15-10-21)34(32,33)29-17-5-3-4-6-18-29/h7-16,20H,3-6,17-19H2,1-2H3,(H,27,31)(H,28,30)/b16-11+. The number of anilines is 1. The van der Waals surface area contributed by atoms with E-state index in [0.717, 1.165) is 36.8 Å². The van der Waals surface area contributed by atoms with Crippen molar-refractivity contribution in [3.8, 4) is 0 Å². The molecule has 0 bridgehead atoms. The predicted molar refractivity (Wildman–Crippen MR) is 135 cm³/mol. The van der Waals surface area contributed by atoms with Gasteiger partial charge in [0.1, 0.15) is 0 Å². The van der Waals surface area contributed by atoms with Crippen molar-refractivity contribution in [2.24, 2.45) is 0 Å². The molecule has 1 aliphatic heterocycles. The number of rotatable bonds is 8. The number of nitrogens with zero attached hydrogens (tertiary/aromatic N) is 1. The summed E-state index contributed by atoms with van der Waals surface area (Å²) < 4.78 is 27.3. The number of sulfonamides is 1. The zero-order valence-corrected chi connectivity index (χ0v) is 20.6. The van der Waals surface area contributed by atoms with E-state index in [2.05, 4.69) is 10.6 Å². The van der Waals surface area contributed by atoms with Crippen LogP contribution in [0.1, 0.15) is 50.7 Å². The van der Waals surface area contributed by atoms with Gasteiger partial charge in [-0.05, 0) is 68.2 Å². The van der Waals surface area contributed by atoms with E-state index >= 15 is 0 Å². The molecule has 1 aliphatic rings. The Morgan fingerprint density at radius 1 is 0.941 bits per heavy atom. The van der Waals surface area contributed by atoms with E-state index in [4.69, 9.17) is 0 Å². The van der Waals surface area contributed by atoms with Gasteiger partial charge in [-0.3, -0.25) is 9.59 Å². The summed E-state index contributed by atoms with van der Waals surface area (Å²) in [6.07, 6.45) is 7.26. The van der Waals surface area contributed by atoms with Gasteiger partial charge >= 0.3 is 0 Å². The van der Waals surface area contributed by atoms with Crippen LogP contribution in [0.25, 0.3) is 6.08 Å². The van der Waals surface area contributed by atoms with Crippen LogP contribution in [0.5, 0.6) is 0 Å². The van der Waals surface area contributed by atoms with Crippen molar-refractivity contribution < 1.29 is 18.0 Å². The van der Waals surface area contributed by atoms with Crippen LogP contribution >= 0.6 is 0 Å². The molecule has 2 amide bonds. The van der Waals surface area contributed by atoms with Gasteiger partial charge in [0.15, 0.2) is 0 Å². The molecule has 34 heavy (non-hydrogen) atoms. The van der Waals surface area contributed by atoms with Gasteiger partial charge in [0.25, 0.3) is 0 Å². The molecule has 1 heterocycles. The molecule has 2 N–H and O–H groups in total. The highest BCUT2D eigenvalue weighted by molar-refractivity contribution is 7.89. The molecule has 3 rings (SSSR count). The van der Waals surface area contributed by atoms with Gasteiger partial charge in [-0.15, -0.1) is 0 Å². The van der Waals surface area contributed by atoms with E-state index < -0.39 is 10.0 Å². The third-order valence-electron chi connectivity index (χ3n) is 5.55. The molecule has 0 spiro atoms. The Morgan fingerprint density at radius 2 is 1.56 bits per heavy atom. The SMILES string of the molecule is CC(C)NC(=O)Cc1ccc(NC(=O)/C=C/c2ccc(S(=O)(=O)N3CCCCCC3)cc2)cc1. The first-order valence-electron chi connectivity index (χ1n) is 11.7. The molecule has 7 nitrogen and oxygen atoms in total. The van der Waals surface area contributed by atoms with Gasteiger partial charge < -0.3 is 10.6 Å². The summed E-state index contributed by atoms with van der Waals surface area (Å²) in [5.74, 6) is -0.341. The molecule has 0 radical (unpaired) electrons. The molecular weight excluding hydrogens is 450 g/mol. The molecule has 0 aliphatic carbocycles. The largest absolute Gasteiger partial charge is 0.354 e. The lowest BCUT2D eigenvalue weighted by molar-refractivity contribution is -0.121. The topological polar surface area (TPSA) is 95.6 Å². The molecule has 0 unspecified atom stereocenters. The minimum absolute atomic E-state index is 0.0417. The highest BCUT2D eigenvalue weighted by Gasteiger charge is 2.24. The summed E-state index contributed by atoms with van der Waals surface area (Å²) in [6, 6.07) is 13.8. The molecule has 8 heteroatoms. The van der Waals surface area contributed by atoms with Crippen LogP contribution < -0.4 is 10.6 Å².